The number of nitrogens with one attached hydrogen (secondary N) is 1. The van der Waals surface area contributed by atoms with Crippen LogP contribution >= 0.6 is 11.6 Å². The lowest BCUT2D eigenvalue weighted by atomic mass is 10.1. The number of carbonyl (C=O) groups excluding carboxylic acids is 2. The second kappa shape index (κ2) is 9.78. The lowest BCUT2D eigenvalue weighted by molar-refractivity contribution is -0.119. The van der Waals surface area contributed by atoms with E-state index in [-0.39, 0.29) is 23.5 Å². The van der Waals surface area contributed by atoms with Gasteiger partial charge in [0.1, 0.15) is 0 Å². The second-order valence-corrected chi connectivity index (χ2v) is 9.43. The number of anilines is 1. The smallest absolute Gasteiger partial charge is 0.338 e. The molecule has 0 atom stereocenters. The summed E-state index contributed by atoms with van der Waals surface area (Å²) in [6.07, 6.45) is 0. The molecule has 1 aliphatic rings. The zero-order valence-corrected chi connectivity index (χ0v) is 18.8. The van der Waals surface area contributed by atoms with Crippen molar-refractivity contribution in [1.29, 1.82) is 0 Å². The van der Waals surface area contributed by atoms with Gasteiger partial charge < -0.3 is 14.8 Å². The number of ether oxygens (including phenoxy) is 2. The van der Waals surface area contributed by atoms with Crippen LogP contribution in [-0.4, -0.2) is 57.5 Å². The first kappa shape index (κ1) is 23.2. The molecule has 3 rings (SSSR count). The summed E-state index contributed by atoms with van der Waals surface area (Å²) >= 11 is 6.03. The second-order valence-electron chi connectivity index (χ2n) is 7.08. The molecule has 1 aliphatic heterocycles. The Morgan fingerprint density at radius 2 is 1.77 bits per heavy atom. The number of amides is 1. The van der Waals surface area contributed by atoms with Crippen molar-refractivity contribution in [2.75, 3.05) is 38.2 Å². The van der Waals surface area contributed by atoms with E-state index in [1.54, 1.807) is 25.1 Å². The molecular weight excluding hydrogens is 444 g/mol. The molecule has 2 aromatic carbocycles. The van der Waals surface area contributed by atoms with Gasteiger partial charge in [-0.15, -0.1) is 0 Å². The number of hydrogen-bond acceptors (Lipinski definition) is 6. The first-order chi connectivity index (χ1) is 14.7. The summed E-state index contributed by atoms with van der Waals surface area (Å²) in [4.78, 5) is 24.6. The molecule has 166 valence electrons. The maximum atomic E-state index is 12.8. The third-order valence-corrected chi connectivity index (χ3v) is 7.13. The quantitative estimate of drug-likeness (QED) is 0.657. The van der Waals surface area contributed by atoms with Crippen molar-refractivity contribution in [2.45, 2.75) is 18.7 Å². The van der Waals surface area contributed by atoms with Gasteiger partial charge in [-0.1, -0.05) is 23.7 Å². The van der Waals surface area contributed by atoms with Gasteiger partial charge in [0.2, 0.25) is 10.0 Å². The Morgan fingerprint density at radius 3 is 2.45 bits per heavy atom. The normalized spacial score (nSPS) is 14.8. The minimum atomic E-state index is -3.76. The van der Waals surface area contributed by atoms with E-state index in [1.807, 2.05) is 6.92 Å². The van der Waals surface area contributed by atoms with Gasteiger partial charge in [0, 0.05) is 23.8 Å². The molecule has 2 aromatic rings. The predicted molar refractivity (Wildman–Crippen MR) is 116 cm³/mol. The van der Waals surface area contributed by atoms with Crippen LogP contribution in [0.25, 0.3) is 0 Å². The van der Waals surface area contributed by atoms with Crippen molar-refractivity contribution < 1.29 is 27.5 Å². The molecule has 0 spiro atoms. The fraction of sp³-hybridized carbons (Fsp3) is 0.333. The van der Waals surface area contributed by atoms with E-state index in [4.69, 9.17) is 21.1 Å². The SMILES string of the molecule is Cc1ccc(NC(=O)COC(=O)c2cc(S(=O)(=O)N3CCOCC3)ccc2C)cc1Cl. The summed E-state index contributed by atoms with van der Waals surface area (Å²) in [5.74, 6) is -1.32. The van der Waals surface area contributed by atoms with Crippen LogP contribution in [0, 0.1) is 13.8 Å². The van der Waals surface area contributed by atoms with Crippen molar-refractivity contribution >= 4 is 39.2 Å². The summed E-state index contributed by atoms with van der Waals surface area (Å²) in [5, 5.41) is 3.10. The zero-order chi connectivity index (χ0) is 22.6. The highest BCUT2D eigenvalue weighted by atomic mass is 35.5. The molecule has 0 radical (unpaired) electrons. The van der Waals surface area contributed by atoms with Crippen LogP contribution in [0.5, 0.6) is 0 Å². The highest BCUT2D eigenvalue weighted by molar-refractivity contribution is 7.89. The van der Waals surface area contributed by atoms with E-state index in [0.29, 0.717) is 29.5 Å². The first-order valence-electron chi connectivity index (χ1n) is 9.60. The van der Waals surface area contributed by atoms with Crippen LogP contribution < -0.4 is 5.32 Å². The van der Waals surface area contributed by atoms with Crippen molar-refractivity contribution in [3.8, 4) is 0 Å². The first-order valence-corrected chi connectivity index (χ1v) is 11.4. The topological polar surface area (TPSA) is 102 Å². The number of carbonyl (C=O) groups is 2. The maximum Gasteiger partial charge on any atom is 0.338 e. The van der Waals surface area contributed by atoms with E-state index >= 15 is 0 Å². The minimum Gasteiger partial charge on any atom is -0.452 e. The highest BCUT2D eigenvalue weighted by Crippen LogP contribution is 2.22. The molecule has 0 aliphatic carbocycles. The van der Waals surface area contributed by atoms with Gasteiger partial charge in [-0.05, 0) is 49.2 Å². The third-order valence-electron chi connectivity index (χ3n) is 4.83. The molecule has 31 heavy (non-hydrogen) atoms. The molecule has 10 heteroatoms. The van der Waals surface area contributed by atoms with Crippen LogP contribution in [0.1, 0.15) is 21.5 Å². The summed E-state index contributed by atoms with van der Waals surface area (Å²) in [6.45, 7) is 4.12. The van der Waals surface area contributed by atoms with E-state index in [9.17, 15) is 18.0 Å². The summed E-state index contributed by atoms with van der Waals surface area (Å²) < 4.78 is 37.3. The Labute approximate surface area is 186 Å². The molecule has 0 saturated carbocycles. The average Bonchev–Trinajstić information content (AvgIpc) is 2.75. The van der Waals surface area contributed by atoms with E-state index in [1.165, 1.54) is 22.5 Å². The van der Waals surface area contributed by atoms with Gasteiger partial charge >= 0.3 is 5.97 Å². The molecule has 0 aromatic heterocycles. The maximum absolute atomic E-state index is 12.8. The Bertz CT molecular complexity index is 1100. The number of aryl methyl sites for hydroxylation is 2. The Hall–Kier alpha value is -2.46. The third kappa shape index (κ3) is 5.62. The largest absolute Gasteiger partial charge is 0.452 e. The van der Waals surface area contributed by atoms with E-state index < -0.39 is 28.5 Å². The van der Waals surface area contributed by atoms with Crippen LogP contribution in [-0.2, 0) is 24.3 Å². The molecule has 1 fully saturated rings. The van der Waals surface area contributed by atoms with Crippen LogP contribution in [0.2, 0.25) is 5.02 Å². The molecule has 1 heterocycles. The van der Waals surface area contributed by atoms with Gasteiger partial charge in [0.05, 0.1) is 23.7 Å². The van der Waals surface area contributed by atoms with Crippen LogP contribution in [0.3, 0.4) is 0 Å². The minimum absolute atomic E-state index is 0.00861. The number of sulfonamides is 1. The standard InChI is InChI=1S/C21H23ClN2O6S/c1-14-4-6-17(31(27,28)24-7-9-29-10-8-24)12-18(14)21(26)30-13-20(25)23-16-5-3-15(2)19(22)11-16/h3-6,11-12H,7-10,13H2,1-2H3,(H,23,25). The predicted octanol–water partition coefficient (Wildman–Crippen LogP) is 2.77. The van der Waals surface area contributed by atoms with Gasteiger partial charge in [-0.3, -0.25) is 4.79 Å². The van der Waals surface area contributed by atoms with Crippen LogP contribution in [0.4, 0.5) is 5.69 Å². The summed E-state index contributed by atoms with van der Waals surface area (Å²) in [7, 11) is -3.76. The van der Waals surface area contributed by atoms with Crippen molar-refractivity contribution in [2.24, 2.45) is 0 Å². The summed E-state index contributed by atoms with van der Waals surface area (Å²) in [5.41, 5.74) is 1.97. The molecule has 0 bridgehead atoms. The Morgan fingerprint density at radius 1 is 1.10 bits per heavy atom. The molecule has 0 unspecified atom stereocenters. The highest BCUT2D eigenvalue weighted by Gasteiger charge is 2.27. The lowest BCUT2D eigenvalue weighted by Gasteiger charge is -2.26. The van der Waals surface area contributed by atoms with Crippen LogP contribution in [0.15, 0.2) is 41.3 Å². The number of morpholine rings is 1. The number of esters is 1. The van der Waals surface area contributed by atoms with Crippen molar-refractivity contribution in [3.63, 3.8) is 0 Å². The van der Waals surface area contributed by atoms with Gasteiger partial charge in [0.15, 0.2) is 6.61 Å². The number of halogens is 1. The number of rotatable bonds is 6. The molecule has 1 N–H and O–H groups in total. The number of nitrogens with zero attached hydrogens (tertiary/aromatic N) is 1. The Balaban J connectivity index is 1.67. The van der Waals surface area contributed by atoms with Crippen molar-refractivity contribution in [3.05, 3.63) is 58.1 Å². The fourth-order valence-corrected chi connectivity index (χ4v) is 4.61. The van der Waals surface area contributed by atoms with Gasteiger partial charge in [-0.25, -0.2) is 13.2 Å². The zero-order valence-electron chi connectivity index (χ0n) is 17.2. The van der Waals surface area contributed by atoms with E-state index in [0.717, 1.165) is 5.56 Å². The van der Waals surface area contributed by atoms with Gasteiger partial charge in [0.25, 0.3) is 5.91 Å². The number of benzene rings is 2. The molecule has 1 saturated heterocycles. The van der Waals surface area contributed by atoms with E-state index in [2.05, 4.69) is 5.32 Å². The Kier molecular flexibility index (Phi) is 7.32. The molecular formula is C21H23ClN2O6S. The molecule has 8 nitrogen and oxygen atoms in total. The van der Waals surface area contributed by atoms with Crippen molar-refractivity contribution in [1.82, 2.24) is 4.31 Å². The van der Waals surface area contributed by atoms with Gasteiger partial charge in [-0.2, -0.15) is 4.31 Å². The number of hydrogen-bond donors (Lipinski definition) is 1. The lowest BCUT2D eigenvalue weighted by Crippen LogP contribution is -2.40. The fourth-order valence-electron chi connectivity index (χ4n) is 2.99. The monoisotopic (exact) mass is 466 g/mol. The summed E-state index contributed by atoms with van der Waals surface area (Å²) in [6, 6.07) is 9.31. The average molecular weight is 467 g/mol. The molecule has 1 amide bonds.